The number of nitrogens with one attached hydrogen (secondary N) is 2. The van der Waals surface area contributed by atoms with E-state index in [1.165, 1.54) is 0 Å². The molecule has 0 unspecified atom stereocenters. The number of amides is 2. The Morgan fingerprint density at radius 2 is 1.95 bits per heavy atom. The van der Waals surface area contributed by atoms with Gasteiger partial charge in [0.05, 0.1) is 10.7 Å². The summed E-state index contributed by atoms with van der Waals surface area (Å²) in [5.41, 5.74) is -0.413. The number of carbonyl (C=O) groups excluding carboxylic acids is 1. The Morgan fingerprint density at radius 3 is 2.43 bits per heavy atom. The maximum absolute atomic E-state index is 13.5. The quantitative estimate of drug-likeness (QED) is 0.779. The molecule has 0 bridgehead atoms. The van der Waals surface area contributed by atoms with Gasteiger partial charge in [0, 0.05) is 6.07 Å². The van der Waals surface area contributed by atoms with Crippen molar-refractivity contribution < 1.29 is 23.5 Å². The Bertz CT molecular complexity index is 529. The molecule has 0 aliphatic carbocycles. The van der Waals surface area contributed by atoms with E-state index in [9.17, 15) is 18.4 Å². The molecule has 0 fully saturated rings. The zero-order valence-corrected chi connectivity index (χ0v) is 12.2. The maximum Gasteiger partial charge on any atom is 0.326 e. The molecule has 1 rings (SSSR count). The monoisotopic (exact) mass is 320 g/mol. The van der Waals surface area contributed by atoms with Crippen LogP contribution >= 0.6 is 11.6 Å². The van der Waals surface area contributed by atoms with E-state index in [0.29, 0.717) is 6.07 Å². The molecule has 21 heavy (non-hydrogen) atoms. The molecule has 1 aromatic rings. The summed E-state index contributed by atoms with van der Waals surface area (Å²) in [5.74, 6) is -3.10. The molecular formula is C13H15ClF2N2O3. The zero-order valence-electron chi connectivity index (χ0n) is 11.4. The van der Waals surface area contributed by atoms with Gasteiger partial charge in [-0.05, 0) is 18.4 Å². The van der Waals surface area contributed by atoms with Gasteiger partial charge < -0.3 is 15.7 Å². The predicted octanol–water partition coefficient (Wildman–Crippen LogP) is 3.24. The van der Waals surface area contributed by atoms with Crippen LogP contribution in [0.25, 0.3) is 0 Å². The summed E-state index contributed by atoms with van der Waals surface area (Å²) < 4.78 is 26.4. The number of aliphatic carboxylic acids is 1. The fourth-order valence-electron chi connectivity index (χ4n) is 1.66. The molecule has 5 nitrogen and oxygen atoms in total. The Labute approximate surface area is 125 Å². The van der Waals surface area contributed by atoms with Crippen molar-refractivity contribution in [2.75, 3.05) is 5.32 Å². The van der Waals surface area contributed by atoms with Crippen LogP contribution < -0.4 is 10.6 Å². The number of carbonyl (C=O) groups is 2. The Morgan fingerprint density at radius 1 is 1.33 bits per heavy atom. The number of hydrogen-bond donors (Lipinski definition) is 3. The standard InChI is InChI=1S/C13H15ClF2N2O3/c1-6(2)3-10(12(19)20)17-13(21)18-11-8(14)4-7(15)5-9(11)16/h4-6,10H,3H2,1-2H3,(H,19,20)(H2,17,18,21)/t10-/m0/s1. The first-order valence-electron chi connectivity index (χ1n) is 6.15. The van der Waals surface area contributed by atoms with Crippen LogP contribution in [0.3, 0.4) is 0 Å². The van der Waals surface area contributed by atoms with Gasteiger partial charge in [0.2, 0.25) is 0 Å². The lowest BCUT2D eigenvalue weighted by Crippen LogP contribution is -2.43. The minimum absolute atomic E-state index is 0.0394. The fourth-order valence-corrected chi connectivity index (χ4v) is 1.90. The van der Waals surface area contributed by atoms with Crippen molar-refractivity contribution in [3.8, 4) is 0 Å². The van der Waals surface area contributed by atoms with Crippen molar-refractivity contribution in [3.63, 3.8) is 0 Å². The minimum atomic E-state index is -1.20. The Hall–Kier alpha value is -1.89. The van der Waals surface area contributed by atoms with Gasteiger partial charge in [0.25, 0.3) is 0 Å². The average molecular weight is 321 g/mol. The number of carboxylic acids is 1. The molecule has 0 radical (unpaired) electrons. The number of halogens is 3. The highest BCUT2D eigenvalue weighted by molar-refractivity contribution is 6.33. The van der Waals surface area contributed by atoms with Gasteiger partial charge in [-0.15, -0.1) is 0 Å². The van der Waals surface area contributed by atoms with Crippen molar-refractivity contribution in [2.45, 2.75) is 26.3 Å². The first-order valence-corrected chi connectivity index (χ1v) is 6.53. The number of carboxylic acid groups (broad SMARTS) is 1. The topological polar surface area (TPSA) is 78.4 Å². The van der Waals surface area contributed by atoms with Gasteiger partial charge in [-0.1, -0.05) is 25.4 Å². The number of rotatable bonds is 5. The van der Waals surface area contributed by atoms with Crippen molar-refractivity contribution >= 4 is 29.3 Å². The molecule has 0 saturated carbocycles. The number of hydrogen-bond acceptors (Lipinski definition) is 2. The fraction of sp³-hybridized carbons (Fsp3) is 0.385. The van der Waals surface area contributed by atoms with E-state index < -0.39 is 35.4 Å². The van der Waals surface area contributed by atoms with E-state index in [-0.39, 0.29) is 17.4 Å². The molecule has 0 heterocycles. The van der Waals surface area contributed by atoms with Crippen LogP contribution in [-0.2, 0) is 4.79 Å². The molecule has 1 atom stereocenters. The molecule has 2 amide bonds. The first-order chi connectivity index (χ1) is 9.70. The molecule has 0 aliphatic heterocycles. The molecule has 0 aliphatic rings. The van der Waals surface area contributed by atoms with Crippen molar-refractivity contribution in [3.05, 3.63) is 28.8 Å². The summed E-state index contributed by atoms with van der Waals surface area (Å²) in [6.07, 6.45) is 0.211. The number of anilines is 1. The molecular weight excluding hydrogens is 306 g/mol. The van der Waals surface area contributed by atoms with E-state index >= 15 is 0 Å². The smallest absolute Gasteiger partial charge is 0.326 e. The molecule has 8 heteroatoms. The van der Waals surface area contributed by atoms with Gasteiger partial charge in [0.15, 0.2) is 5.82 Å². The van der Waals surface area contributed by atoms with E-state index in [2.05, 4.69) is 10.6 Å². The van der Waals surface area contributed by atoms with Gasteiger partial charge in [-0.3, -0.25) is 0 Å². The largest absolute Gasteiger partial charge is 0.480 e. The summed E-state index contributed by atoms with van der Waals surface area (Å²) in [5, 5.41) is 12.9. The van der Waals surface area contributed by atoms with E-state index in [4.69, 9.17) is 16.7 Å². The highest BCUT2D eigenvalue weighted by atomic mass is 35.5. The Balaban J connectivity index is 2.79. The first kappa shape index (κ1) is 17.2. The second kappa shape index (κ2) is 7.21. The Kier molecular flexibility index (Phi) is 5.90. The SMILES string of the molecule is CC(C)C[C@H](NC(=O)Nc1c(F)cc(F)cc1Cl)C(=O)O. The molecule has 116 valence electrons. The average Bonchev–Trinajstić information content (AvgIpc) is 2.32. The molecule has 0 saturated heterocycles. The van der Waals surface area contributed by atoms with Crippen molar-refractivity contribution in [2.24, 2.45) is 5.92 Å². The van der Waals surface area contributed by atoms with Crippen LogP contribution in [0.5, 0.6) is 0 Å². The molecule has 0 aromatic heterocycles. The minimum Gasteiger partial charge on any atom is -0.480 e. The normalized spacial score (nSPS) is 12.1. The van der Waals surface area contributed by atoms with Gasteiger partial charge in [-0.2, -0.15) is 0 Å². The van der Waals surface area contributed by atoms with Crippen molar-refractivity contribution in [1.82, 2.24) is 5.32 Å². The van der Waals surface area contributed by atoms with Crippen molar-refractivity contribution in [1.29, 1.82) is 0 Å². The molecule has 1 aromatic carbocycles. The highest BCUT2D eigenvalue weighted by Crippen LogP contribution is 2.26. The third-order valence-corrected chi connectivity index (χ3v) is 2.85. The molecule has 3 N–H and O–H groups in total. The van der Waals surface area contributed by atoms with Gasteiger partial charge >= 0.3 is 12.0 Å². The van der Waals surface area contributed by atoms with Crippen LogP contribution in [0.1, 0.15) is 20.3 Å². The molecule has 0 spiro atoms. The van der Waals surface area contributed by atoms with Gasteiger partial charge in [0.1, 0.15) is 11.9 Å². The number of urea groups is 1. The third-order valence-electron chi connectivity index (χ3n) is 2.56. The lowest BCUT2D eigenvalue weighted by molar-refractivity contribution is -0.139. The summed E-state index contributed by atoms with van der Waals surface area (Å²) in [4.78, 5) is 22.7. The summed E-state index contributed by atoms with van der Waals surface area (Å²) in [6, 6.07) is -0.657. The van der Waals surface area contributed by atoms with E-state index in [0.717, 1.165) is 6.07 Å². The van der Waals surface area contributed by atoms with Crippen LogP contribution in [-0.4, -0.2) is 23.1 Å². The summed E-state index contributed by atoms with van der Waals surface area (Å²) in [6.45, 7) is 3.60. The lowest BCUT2D eigenvalue weighted by atomic mass is 10.0. The van der Waals surface area contributed by atoms with Gasteiger partial charge in [-0.25, -0.2) is 18.4 Å². The lowest BCUT2D eigenvalue weighted by Gasteiger charge is -2.17. The number of benzene rings is 1. The van der Waals surface area contributed by atoms with Crippen LogP contribution in [0.4, 0.5) is 19.3 Å². The van der Waals surface area contributed by atoms with Crippen LogP contribution in [0, 0.1) is 17.6 Å². The van der Waals surface area contributed by atoms with Crippen LogP contribution in [0.15, 0.2) is 12.1 Å². The second-order valence-electron chi connectivity index (χ2n) is 4.86. The van der Waals surface area contributed by atoms with E-state index in [1.54, 1.807) is 13.8 Å². The predicted molar refractivity (Wildman–Crippen MR) is 74.4 cm³/mol. The highest BCUT2D eigenvalue weighted by Gasteiger charge is 2.22. The summed E-state index contributed by atoms with van der Waals surface area (Å²) in [7, 11) is 0. The maximum atomic E-state index is 13.5. The summed E-state index contributed by atoms with van der Waals surface area (Å²) >= 11 is 5.62. The second-order valence-corrected chi connectivity index (χ2v) is 5.27. The van der Waals surface area contributed by atoms with E-state index in [1.807, 2.05) is 0 Å². The zero-order chi connectivity index (χ0) is 16.2. The van der Waals surface area contributed by atoms with Crippen LogP contribution in [0.2, 0.25) is 5.02 Å². The third kappa shape index (κ3) is 5.18.